The van der Waals surface area contributed by atoms with Gasteiger partial charge in [0.2, 0.25) is 0 Å². The Morgan fingerprint density at radius 1 is 1.15 bits per heavy atom. The van der Waals surface area contributed by atoms with Crippen molar-refractivity contribution in [2.45, 2.75) is 83.4 Å². The highest BCUT2D eigenvalue weighted by Gasteiger charge is 2.34. The molecule has 0 aromatic heterocycles. The Morgan fingerprint density at radius 3 is 2.50 bits per heavy atom. The summed E-state index contributed by atoms with van der Waals surface area (Å²) < 4.78 is 6.11. The second-order valence-corrected chi connectivity index (χ2v) is 6.82. The van der Waals surface area contributed by atoms with Crippen molar-refractivity contribution in [3.63, 3.8) is 0 Å². The summed E-state index contributed by atoms with van der Waals surface area (Å²) in [5, 5.41) is 3.77. The molecule has 0 bridgehead atoms. The molecule has 2 aliphatic rings. The van der Waals surface area contributed by atoms with Gasteiger partial charge in [0.25, 0.3) is 0 Å². The molecule has 1 saturated carbocycles. The molecule has 0 amide bonds. The molecule has 3 heteroatoms. The third kappa shape index (κ3) is 4.19. The zero-order valence-electron chi connectivity index (χ0n) is 13.8. The molecular formula is C17H34N2O. The lowest BCUT2D eigenvalue weighted by molar-refractivity contribution is -0.00325. The summed E-state index contributed by atoms with van der Waals surface area (Å²) >= 11 is 0. The van der Waals surface area contributed by atoms with Crippen molar-refractivity contribution in [2.24, 2.45) is 0 Å². The van der Waals surface area contributed by atoms with Gasteiger partial charge >= 0.3 is 0 Å². The molecule has 3 nitrogen and oxygen atoms in total. The molecular weight excluding hydrogens is 248 g/mol. The van der Waals surface area contributed by atoms with Crippen LogP contribution in [0.3, 0.4) is 0 Å². The van der Waals surface area contributed by atoms with Gasteiger partial charge in [-0.1, -0.05) is 33.1 Å². The smallest absolute Gasteiger partial charge is 0.0597 e. The Kier molecular flexibility index (Phi) is 6.31. The third-order valence-corrected chi connectivity index (χ3v) is 5.54. The molecule has 1 aliphatic carbocycles. The van der Waals surface area contributed by atoms with Gasteiger partial charge in [-0.3, -0.25) is 4.90 Å². The predicted octanol–water partition coefficient (Wildman–Crippen LogP) is 3.19. The lowest BCUT2D eigenvalue weighted by Crippen LogP contribution is -2.63. The van der Waals surface area contributed by atoms with Gasteiger partial charge in [0.15, 0.2) is 0 Å². The maximum Gasteiger partial charge on any atom is 0.0597 e. The van der Waals surface area contributed by atoms with Crippen LogP contribution in [0.2, 0.25) is 0 Å². The van der Waals surface area contributed by atoms with Gasteiger partial charge in [0.1, 0.15) is 0 Å². The fourth-order valence-electron chi connectivity index (χ4n) is 3.69. The normalized spacial score (nSPS) is 28.6. The van der Waals surface area contributed by atoms with Crippen LogP contribution in [0.4, 0.5) is 0 Å². The van der Waals surface area contributed by atoms with E-state index < -0.39 is 0 Å². The Hall–Kier alpha value is -0.120. The van der Waals surface area contributed by atoms with Crippen LogP contribution in [0.1, 0.15) is 65.7 Å². The number of nitrogens with zero attached hydrogens (tertiary/aromatic N) is 1. The molecule has 2 rings (SSSR count). The topological polar surface area (TPSA) is 24.5 Å². The first-order valence-corrected chi connectivity index (χ1v) is 8.80. The molecule has 2 fully saturated rings. The molecule has 1 unspecified atom stereocenters. The lowest BCUT2D eigenvalue weighted by atomic mass is 9.89. The summed E-state index contributed by atoms with van der Waals surface area (Å²) in [5.41, 5.74) is 0.331. The van der Waals surface area contributed by atoms with E-state index in [1.165, 1.54) is 51.5 Å². The van der Waals surface area contributed by atoms with E-state index in [4.69, 9.17) is 4.74 Å². The van der Waals surface area contributed by atoms with Gasteiger partial charge in [-0.05, 0) is 32.6 Å². The van der Waals surface area contributed by atoms with Gasteiger partial charge in [-0.25, -0.2) is 0 Å². The van der Waals surface area contributed by atoms with Crippen LogP contribution in [0.15, 0.2) is 0 Å². The molecule has 0 aromatic carbocycles. The van der Waals surface area contributed by atoms with Crippen LogP contribution >= 0.6 is 0 Å². The van der Waals surface area contributed by atoms with Gasteiger partial charge in [0, 0.05) is 31.2 Å². The number of rotatable bonds is 6. The molecule has 0 aromatic rings. The highest BCUT2D eigenvalue weighted by Crippen LogP contribution is 2.23. The maximum atomic E-state index is 6.11. The zero-order chi connectivity index (χ0) is 14.4. The highest BCUT2D eigenvalue weighted by atomic mass is 16.5. The second-order valence-electron chi connectivity index (χ2n) is 6.82. The predicted molar refractivity (Wildman–Crippen MR) is 85.2 cm³/mol. The average molecular weight is 282 g/mol. The summed E-state index contributed by atoms with van der Waals surface area (Å²) in [7, 11) is 0. The number of hydrogen-bond acceptors (Lipinski definition) is 3. The van der Waals surface area contributed by atoms with Gasteiger partial charge < -0.3 is 10.1 Å². The van der Waals surface area contributed by atoms with Crippen molar-refractivity contribution < 1.29 is 4.74 Å². The molecule has 1 heterocycles. The first kappa shape index (κ1) is 16.3. The Balaban J connectivity index is 1.75. The maximum absolute atomic E-state index is 6.11. The summed E-state index contributed by atoms with van der Waals surface area (Å²) in [6.07, 6.45) is 9.68. The van der Waals surface area contributed by atoms with E-state index in [2.05, 4.69) is 31.0 Å². The molecule has 1 saturated heterocycles. The van der Waals surface area contributed by atoms with E-state index in [9.17, 15) is 0 Å². The fourth-order valence-corrected chi connectivity index (χ4v) is 3.69. The van der Waals surface area contributed by atoms with Crippen molar-refractivity contribution in [2.75, 3.05) is 26.2 Å². The molecule has 0 spiro atoms. The van der Waals surface area contributed by atoms with E-state index in [0.29, 0.717) is 17.7 Å². The largest absolute Gasteiger partial charge is 0.377 e. The Morgan fingerprint density at radius 2 is 1.85 bits per heavy atom. The van der Waals surface area contributed by atoms with Crippen molar-refractivity contribution >= 4 is 0 Å². The van der Waals surface area contributed by atoms with Crippen LogP contribution < -0.4 is 5.32 Å². The molecule has 118 valence electrons. The molecule has 1 aliphatic heterocycles. The van der Waals surface area contributed by atoms with E-state index in [-0.39, 0.29) is 0 Å². The number of nitrogens with one attached hydrogen (secondary N) is 1. The van der Waals surface area contributed by atoms with Crippen molar-refractivity contribution in [1.29, 1.82) is 0 Å². The fraction of sp³-hybridized carbons (Fsp3) is 1.00. The van der Waals surface area contributed by atoms with Gasteiger partial charge in [-0.2, -0.15) is 0 Å². The summed E-state index contributed by atoms with van der Waals surface area (Å²) in [4.78, 5) is 2.63. The number of hydrogen-bond donors (Lipinski definition) is 1. The van der Waals surface area contributed by atoms with Crippen molar-refractivity contribution in [3.05, 3.63) is 0 Å². The van der Waals surface area contributed by atoms with Gasteiger partial charge in [-0.15, -0.1) is 0 Å². The van der Waals surface area contributed by atoms with Crippen LogP contribution in [0.25, 0.3) is 0 Å². The molecule has 1 atom stereocenters. The van der Waals surface area contributed by atoms with Crippen molar-refractivity contribution in [1.82, 2.24) is 10.2 Å². The molecule has 0 radical (unpaired) electrons. The van der Waals surface area contributed by atoms with Crippen LogP contribution in [-0.2, 0) is 4.74 Å². The van der Waals surface area contributed by atoms with Gasteiger partial charge in [0.05, 0.1) is 12.7 Å². The first-order valence-electron chi connectivity index (χ1n) is 8.80. The lowest BCUT2D eigenvalue weighted by Gasteiger charge is -2.46. The molecule has 1 N–H and O–H groups in total. The van der Waals surface area contributed by atoms with E-state index in [1.807, 2.05) is 0 Å². The second kappa shape index (κ2) is 7.77. The minimum Gasteiger partial charge on any atom is -0.377 e. The minimum absolute atomic E-state index is 0.331. The van der Waals surface area contributed by atoms with Crippen LogP contribution in [-0.4, -0.2) is 48.8 Å². The highest BCUT2D eigenvalue weighted by molar-refractivity contribution is 4.95. The van der Waals surface area contributed by atoms with Crippen LogP contribution in [0.5, 0.6) is 0 Å². The SMILES string of the molecule is CCC1(CC)CN(CCOC2CCCCC2)C(C)CN1. The molecule has 20 heavy (non-hydrogen) atoms. The summed E-state index contributed by atoms with van der Waals surface area (Å²) in [6, 6.07) is 0.635. The number of ether oxygens (including phenoxy) is 1. The summed E-state index contributed by atoms with van der Waals surface area (Å²) in [5.74, 6) is 0. The summed E-state index contributed by atoms with van der Waals surface area (Å²) in [6.45, 7) is 11.3. The number of piperazine rings is 1. The standard InChI is InChI=1S/C17H34N2O/c1-4-17(5-2)14-19(15(3)13-18-17)11-12-20-16-9-7-6-8-10-16/h15-16,18H,4-14H2,1-3H3. The zero-order valence-corrected chi connectivity index (χ0v) is 13.8. The van der Waals surface area contributed by atoms with E-state index in [1.54, 1.807) is 0 Å². The Bertz CT molecular complexity index is 272. The Labute approximate surface area is 125 Å². The average Bonchev–Trinajstić information content (AvgIpc) is 2.51. The van der Waals surface area contributed by atoms with E-state index >= 15 is 0 Å². The minimum atomic E-state index is 0.331. The third-order valence-electron chi connectivity index (χ3n) is 5.54. The van der Waals surface area contributed by atoms with Crippen molar-refractivity contribution in [3.8, 4) is 0 Å². The van der Waals surface area contributed by atoms with Crippen LogP contribution in [0, 0.1) is 0 Å². The quantitative estimate of drug-likeness (QED) is 0.810. The van der Waals surface area contributed by atoms with E-state index in [0.717, 1.165) is 19.7 Å². The monoisotopic (exact) mass is 282 g/mol. The first-order chi connectivity index (χ1) is 9.69.